The van der Waals surface area contributed by atoms with Crippen LogP contribution in [0.2, 0.25) is 0 Å². The summed E-state index contributed by atoms with van der Waals surface area (Å²) in [7, 11) is 0. The van der Waals surface area contributed by atoms with Crippen molar-refractivity contribution in [2.24, 2.45) is 5.92 Å². The van der Waals surface area contributed by atoms with Crippen LogP contribution in [0.25, 0.3) is 0 Å². The van der Waals surface area contributed by atoms with Gasteiger partial charge in [-0.1, -0.05) is 13.8 Å². The molecular weight excluding hydrogens is 294 g/mol. The normalized spacial score (nSPS) is 10.5. The highest BCUT2D eigenvalue weighted by Gasteiger charge is 2.04. The van der Waals surface area contributed by atoms with E-state index < -0.39 is 0 Å². The van der Waals surface area contributed by atoms with Gasteiger partial charge in [0.1, 0.15) is 5.82 Å². The lowest BCUT2D eigenvalue weighted by Gasteiger charge is -2.09. The van der Waals surface area contributed by atoms with Gasteiger partial charge < -0.3 is 10.6 Å². The van der Waals surface area contributed by atoms with Crippen molar-refractivity contribution in [1.29, 1.82) is 0 Å². The molecule has 4 nitrogen and oxygen atoms in total. The molecule has 0 radical (unpaired) electrons. The lowest BCUT2D eigenvalue weighted by Crippen LogP contribution is -2.29. The third kappa shape index (κ3) is 5.04. The predicted molar refractivity (Wildman–Crippen MR) is 77.6 cm³/mol. The first-order chi connectivity index (χ1) is 8.50. The molecule has 0 spiro atoms. The lowest BCUT2D eigenvalue weighted by molar-refractivity contribution is -0.123. The summed E-state index contributed by atoms with van der Waals surface area (Å²) >= 11 is 3.41. The van der Waals surface area contributed by atoms with E-state index in [0.29, 0.717) is 6.54 Å². The Balaban J connectivity index is 2.22. The Morgan fingerprint density at radius 3 is 2.72 bits per heavy atom. The average molecular weight is 314 g/mol. The number of rotatable bonds is 6. The molecular formula is C13H20BrN3O. The number of hydrogen-bond donors (Lipinski definition) is 2. The standard InChI is InChI=1S/C13H20BrN3O/c1-9(2)13(18)16-8-4-7-15-12-6-5-11(14)10(3)17-12/h5-6,9H,4,7-8H2,1-3H3,(H,15,17)(H,16,18). The minimum absolute atomic E-state index is 0.0498. The Labute approximate surface area is 117 Å². The monoisotopic (exact) mass is 313 g/mol. The highest BCUT2D eigenvalue weighted by molar-refractivity contribution is 9.10. The maximum Gasteiger partial charge on any atom is 0.222 e. The number of aryl methyl sites for hydroxylation is 1. The van der Waals surface area contributed by atoms with Crippen molar-refractivity contribution in [3.63, 3.8) is 0 Å². The van der Waals surface area contributed by atoms with Crippen LogP contribution >= 0.6 is 15.9 Å². The number of pyridine rings is 1. The van der Waals surface area contributed by atoms with E-state index in [1.54, 1.807) is 0 Å². The molecule has 2 N–H and O–H groups in total. The molecule has 18 heavy (non-hydrogen) atoms. The van der Waals surface area contributed by atoms with E-state index in [0.717, 1.165) is 29.0 Å². The molecule has 0 aliphatic heterocycles. The second-order valence-corrected chi connectivity index (χ2v) is 5.34. The molecule has 0 atom stereocenters. The van der Waals surface area contributed by atoms with Gasteiger partial charge in [0.05, 0.1) is 5.69 Å². The number of anilines is 1. The molecule has 5 heteroatoms. The predicted octanol–water partition coefficient (Wildman–Crippen LogP) is 2.73. The van der Waals surface area contributed by atoms with Crippen molar-refractivity contribution >= 4 is 27.7 Å². The molecule has 0 saturated heterocycles. The van der Waals surface area contributed by atoms with Crippen LogP contribution in [0.3, 0.4) is 0 Å². The molecule has 0 bridgehead atoms. The van der Waals surface area contributed by atoms with Crippen LogP contribution in [0.4, 0.5) is 5.82 Å². The maximum absolute atomic E-state index is 11.3. The van der Waals surface area contributed by atoms with Gasteiger partial charge in [-0.15, -0.1) is 0 Å². The summed E-state index contributed by atoms with van der Waals surface area (Å²) in [5.41, 5.74) is 0.966. The number of carbonyl (C=O) groups is 1. The Kier molecular flexibility index (Phi) is 6.12. The fourth-order valence-electron chi connectivity index (χ4n) is 1.36. The van der Waals surface area contributed by atoms with E-state index in [2.05, 4.69) is 31.5 Å². The minimum atomic E-state index is 0.0498. The smallest absolute Gasteiger partial charge is 0.222 e. The Morgan fingerprint density at radius 1 is 1.39 bits per heavy atom. The van der Waals surface area contributed by atoms with Crippen LogP contribution in [-0.4, -0.2) is 24.0 Å². The molecule has 0 unspecified atom stereocenters. The van der Waals surface area contributed by atoms with Gasteiger partial charge in [0.2, 0.25) is 5.91 Å². The van der Waals surface area contributed by atoms with Crippen molar-refractivity contribution in [1.82, 2.24) is 10.3 Å². The number of nitrogens with one attached hydrogen (secondary N) is 2. The first kappa shape index (κ1) is 15.0. The first-order valence-corrected chi connectivity index (χ1v) is 6.94. The zero-order valence-corrected chi connectivity index (χ0v) is 12.7. The number of hydrogen-bond acceptors (Lipinski definition) is 3. The zero-order chi connectivity index (χ0) is 13.5. The molecule has 0 aliphatic carbocycles. The highest BCUT2D eigenvalue weighted by Crippen LogP contribution is 2.15. The van der Waals surface area contributed by atoms with Gasteiger partial charge >= 0.3 is 0 Å². The van der Waals surface area contributed by atoms with E-state index in [1.807, 2.05) is 32.9 Å². The van der Waals surface area contributed by atoms with Crippen LogP contribution in [0.15, 0.2) is 16.6 Å². The van der Waals surface area contributed by atoms with Crippen molar-refractivity contribution in [3.8, 4) is 0 Å². The van der Waals surface area contributed by atoms with Crippen molar-refractivity contribution in [3.05, 3.63) is 22.3 Å². The summed E-state index contributed by atoms with van der Waals surface area (Å²) in [5.74, 6) is 1.02. The van der Waals surface area contributed by atoms with Gasteiger partial charge in [0.15, 0.2) is 0 Å². The van der Waals surface area contributed by atoms with E-state index in [9.17, 15) is 4.79 Å². The van der Waals surface area contributed by atoms with Gasteiger partial charge in [-0.25, -0.2) is 4.98 Å². The molecule has 1 heterocycles. The third-order valence-electron chi connectivity index (χ3n) is 2.50. The highest BCUT2D eigenvalue weighted by atomic mass is 79.9. The topological polar surface area (TPSA) is 54.0 Å². The summed E-state index contributed by atoms with van der Waals surface area (Å²) in [6.45, 7) is 7.23. The van der Waals surface area contributed by atoms with Gasteiger partial charge in [0.25, 0.3) is 0 Å². The average Bonchev–Trinajstić information content (AvgIpc) is 2.32. The molecule has 1 aromatic rings. The van der Waals surface area contributed by atoms with Crippen LogP contribution in [-0.2, 0) is 4.79 Å². The summed E-state index contributed by atoms with van der Waals surface area (Å²) in [6.07, 6.45) is 0.884. The minimum Gasteiger partial charge on any atom is -0.370 e. The molecule has 1 aromatic heterocycles. The fraction of sp³-hybridized carbons (Fsp3) is 0.538. The number of amides is 1. The van der Waals surface area contributed by atoms with Crippen LogP contribution in [0.1, 0.15) is 26.0 Å². The molecule has 0 aliphatic rings. The fourth-order valence-corrected chi connectivity index (χ4v) is 1.58. The van der Waals surface area contributed by atoms with Crippen molar-refractivity contribution < 1.29 is 4.79 Å². The number of nitrogens with zero attached hydrogens (tertiary/aromatic N) is 1. The Bertz CT molecular complexity index is 407. The summed E-state index contributed by atoms with van der Waals surface area (Å²) in [5, 5.41) is 6.11. The molecule has 1 rings (SSSR count). The molecule has 0 aromatic carbocycles. The molecule has 1 amide bonds. The maximum atomic E-state index is 11.3. The van der Waals surface area contributed by atoms with Crippen LogP contribution in [0, 0.1) is 12.8 Å². The lowest BCUT2D eigenvalue weighted by atomic mass is 10.2. The second kappa shape index (κ2) is 7.36. The Morgan fingerprint density at radius 2 is 2.11 bits per heavy atom. The van der Waals surface area contributed by atoms with Gasteiger partial charge in [-0.05, 0) is 41.4 Å². The van der Waals surface area contributed by atoms with Gasteiger partial charge in [-0.2, -0.15) is 0 Å². The van der Waals surface area contributed by atoms with Crippen LogP contribution < -0.4 is 10.6 Å². The third-order valence-corrected chi connectivity index (χ3v) is 3.34. The first-order valence-electron chi connectivity index (χ1n) is 6.15. The van der Waals surface area contributed by atoms with E-state index in [-0.39, 0.29) is 11.8 Å². The summed E-state index contributed by atoms with van der Waals surface area (Å²) in [6, 6.07) is 3.91. The number of halogens is 1. The van der Waals surface area contributed by atoms with E-state index in [4.69, 9.17) is 0 Å². The van der Waals surface area contributed by atoms with Crippen molar-refractivity contribution in [2.75, 3.05) is 18.4 Å². The van der Waals surface area contributed by atoms with Crippen molar-refractivity contribution in [2.45, 2.75) is 27.2 Å². The second-order valence-electron chi connectivity index (χ2n) is 4.49. The Hall–Kier alpha value is -1.10. The van der Waals surface area contributed by atoms with Gasteiger partial charge in [0, 0.05) is 23.5 Å². The quantitative estimate of drug-likeness (QED) is 0.794. The summed E-state index contributed by atoms with van der Waals surface area (Å²) in [4.78, 5) is 15.7. The van der Waals surface area contributed by atoms with Gasteiger partial charge in [-0.3, -0.25) is 4.79 Å². The number of carbonyl (C=O) groups excluding carboxylic acids is 1. The molecule has 0 fully saturated rings. The molecule has 100 valence electrons. The van der Waals surface area contributed by atoms with E-state index >= 15 is 0 Å². The largest absolute Gasteiger partial charge is 0.370 e. The summed E-state index contributed by atoms with van der Waals surface area (Å²) < 4.78 is 1.01. The number of aromatic nitrogens is 1. The SMILES string of the molecule is Cc1nc(NCCCNC(=O)C(C)C)ccc1Br. The van der Waals surface area contributed by atoms with Crippen LogP contribution in [0.5, 0.6) is 0 Å². The van der Waals surface area contributed by atoms with E-state index in [1.165, 1.54) is 0 Å². The molecule has 0 saturated carbocycles. The zero-order valence-electron chi connectivity index (χ0n) is 11.1.